The van der Waals surface area contributed by atoms with Gasteiger partial charge in [-0.25, -0.2) is 9.82 Å². The smallest absolute Gasteiger partial charge is 0.274 e. The molecule has 0 aliphatic carbocycles. The van der Waals surface area contributed by atoms with Gasteiger partial charge in [-0.15, -0.1) is 0 Å². The van der Waals surface area contributed by atoms with Crippen molar-refractivity contribution in [3.8, 4) is 0 Å². The summed E-state index contributed by atoms with van der Waals surface area (Å²) < 4.78 is 18.3. The van der Waals surface area contributed by atoms with Gasteiger partial charge in [-0.1, -0.05) is 12.1 Å². The van der Waals surface area contributed by atoms with E-state index in [0.29, 0.717) is 5.76 Å². The number of nitrogens with one attached hydrogen (secondary N) is 1. The van der Waals surface area contributed by atoms with Crippen molar-refractivity contribution in [3.63, 3.8) is 0 Å². The SMILES string of the molecule is O=C(NN=CC=Cc1ccco1)c1ccccc1F. The molecule has 0 fully saturated rings. The highest BCUT2D eigenvalue weighted by molar-refractivity contribution is 5.94. The molecule has 1 heterocycles. The van der Waals surface area contributed by atoms with Crippen molar-refractivity contribution in [1.29, 1.82) is 0 Å². The van der Waals surface area contributed by atoms with Crippen LogP contribution in [0.4, 0.5) is 4.39 Å². The van der Waals surface area contributed by atoms with E-state index in [0.717, 1.165) is 0 Å². The molecule has 1 N–H and O–H groups in total. The number of carbonyl (C=O) groups excluding carboxylic acids is 1. The first-order chi connectivity index (χ1) is 9.27. The van der Waals surface area contributed by atoms with Crippen LogP contribution in [0.1, 0.15) is 16.1 Å². The molecule has 0 spiro atoms. The molecular formula is C14H11FN2O2. The summed E-state index contributed by atoms with van der Waals surface area (Å²) in [6.45, 7) is 0. The van der Waals surface area contributed by atoms with Crippen LogP contribution in [0.25, 0.3) is 6.08 Å². The van der Waals surface area contributed by atoms with Crippen molar-refractivity contribution in [2.24, 2.45) is 5.10 Å². The maximum atomic E-state index is 13.3. The average molecular weight is 258 g/mol. The number of halogens is 1. The first kappa shape index (κ1) is 12.8. The Balaban J connectivity index is 1.89. The Hall–Kier alpha value is -2.69. The maximum Gasteiger partial charge on any atom is 0.274 e. The minimum Gasteiger partial charge on any atom is -0.465 e. The Bertz CT molecular complexity index is 604. The molecule has 0 saturated carbocycles. The molecule has 1 amide bonds. The fraction of sp³-hybridized carbons (Fsp3) is 0. The Morgan fingerprint density at radius 3 is 2.84 bits per heavy atom. The molecule has 4 nitrogen and oxygen atoms in total. The summed E-state index contributed by atoms with van der Waals surface area (Å²) in [7, 11) is 0. The highest BCUT2D eigenvalue weighted by Gasteiger charge is 2.08. The number of benzene rings is 1. The average Bonchev–Trinajstić information content (AvgIpc) is 2.92. The van der Waals surface area contributed by atoms with E-state index in [1.165, 1.54) is 24.4 Å². The van der Waals surface area contributed by atoms with Crippen LogP contribution in [0.15, 0.2) is 58.3 Å². The molecule has 0 unspecified atom stereocenters. The van der Waals surface area contributed by atoms with Gasteiger partial charge in [0.15, 0.2) is 0 Å². The standard InChI is InChI=1S/C14H11FN2O2/c15-13-8-2-1-7-12(13)14(18)17-16-9-3-5-11-6-4-10-19-11/h1-10H,(H,17,18). The van der Waals surface area contributed by atoms with E-state index in [9.17, 15) is 9.18 Å². The number of hydrogen-bond acceptors (Lipinski definition) is 3. The Morgan fingerprint density at radius 1 is 1.26 bits per heavy atom. The van der Waals surface area contributed by atoms with E-state index in [-0.39, 0.29) is 5.56 Å². The Kier molecular flexibility index (Phi) is 4.23. The maximum absolute atomic E-state index is 13.3. The minimum atomic E-state index is -0.597. The molecule has 96 valence electrons. The van der Waals surface area contributed by atoms with Crippen LogP contribution in [-0.2, 0) is 0 Å². The molecule has 0 radical (unpaired) electrons. The number of nitrogens with zero attached hydrogens (tertiary/aromatic N) is 1. The zero-order valence-electron chi connectivity index (χ0n) is 9.92. The lowest BCUT2D eigenvalue weighted by Gasteiger charge is -1.99. The summed E-state index contributed by atoms with van der Waals surface area (Å²) in [4.78, 5) is 11.5. The zero-order valence-corrected chi connectivity index (χ0v) is 9.92. The fourth-order valence-corrected chi connectivity index (χ4v) is 1.37. The second-order valence-electron chi connectivity index (χ2n) is 3.57. The predicted molar refractivity (Wildman–Crippen MR) is 70.1 cm³/mol. The van der Waals surface area contributed by atoms with E-state index in [1.54, 1.807) is 36.6 Å². The molecule has 0 saturated heterocycles. The molecule has 0 aliphatic heterocycles. The van der Waals surface area contributed by atoms with Gasteiger partial charge >= 0.3 is 0 Å². The van der Waals surface area contributed by atoms with Crippen molar-refractivity contribution in [2.75, 3.05) is 0 Å². The fourth-order valence-electron chi connectivity index (χ4n) is 1.37. The lowest BCUT2D eigenvalue weighted by molar-refractivity contribution is 0.0951. The van der Waals surface area contributed by atoms with Crippen LogP contribution < -0.4 is 5.43 Å². The Labute approximate surface area is 109 Å². The van der Waals surface area contributed by atoms with Gasteiger partial charge in [0.2, 0.25) is 0 Å². The number of furan rings is 1. The number of hydrazone groups is 1. The minimum absolute atomic E-state index is 0.0466. The van der Waals surface area contributed by atoms with Gasteiger partial charge in [0, 0.05) is 6.21 Å². The van der Waals surface area contributed by atoms with Gasteiger partial charge in [0.1, 0.15) is 11.6 Å². The highest BCUT2D eigenvalue weighted by atomic mass is 19.1. The van der Waals surface area contributed by atoms with Crippen LogP contribution in [0, 0.1) is 5.82 Å². The van der Waals surface area contributed by atoms with E-state index in [1.807, 2.05) is 0 Å². The van der Waals surface area contributed by atoms with Gasteiger partial charge in [0.25, 0.3) is 5.91 Å². The molecule has 1 aromatic carbocycles. The second-order valence-corrected chi connectivity index (χ2v) is 3.57. The van der Waals surface area contributed by atoms with Crippen LogP contribution in [-0.4, -0.2) is 12.1 Å². The lowest BCUT2D eigenvalue weighted by atomic mass is 10.2. The van der Waals surface area contributed by atoms with Crippen molar-refractivity contribution in [2.45, 2.75) is 0 Å². The third-order valence-electron chi connectivity index (χ3n) is 2.25. The molecule has 0 aliphatic rings. The summed E-state index contributed by atoms with van der Waals surface area (Å²) in [6, 6.07) is 9.24. The summed E-state index contributed by atoms with van der Waals surface area (Å²) in [5, 5.41) is 3.67. The van der Waals surface area contributed by atoms with Crippen molar-refractivity contribution >= 4 is 18.2 Å². The summed E-state index contributed by atoms with van der Waals surface area (Å²) >= 11 is 0. The van der Waals surface area contributed by atoms with E-state index >= 15 is 0 Å². The molecule has 2 rings (SSSR count). The first-order valence-corrected chi connectivity index (χ1v) is 5.55. The topological polar surface area (TPSA) is 54.6 Å². The van der Waals surface area contributed by atoms with Crippen LogP contribution >= 0.6 is 0 Å². The number of allylic oxidation sites excluding steroid dienone is 1. The summed E-state index contributed by atoms with van der Waals surface area (Å²) in [5.74, 6) is -0.506. The third kappa shape index (κ3) is 3.64. The molecule has 1 aromatic heterocycles. The quantitative estimate of drug-likeness (QED) is 0.677. The summed E-state index contributed by atoms with van der Waals surface area (Å²) in [6.07, 6.45) is 6.21. The third-order valence-corrected chi connectivity index (χ3v) is 2.25. The monoisotopic (exact) mass is 258 g/mol. The predicted octanol–water partition coefficient (Wildman–Crippen LogP) is 2.85. The van der Waals surface area contributed by atoms with Crippen molar-refractivity contribution in [1.82, 2.24) is 5.43 Å². The normalized spacial score (nSPS) is 11.2. The molecule has 2 aromatic rings. The van der Waals surface area contributed by atoms with E-state index < -0.39 is 11.7 Å². The molecule has 19 heavy (non-hydrogen) atoms. The van der Waals surface area contributed by atoms with Crippen LogP contribution in [0.2, 0.25) is 0 Å². The van der Waals surface area contributed by atoms with Crippen molar-refractivity contribution in [3.05, 3.63) is 65.9 Å². The van der Waals surface area contributed by atoms with Gasteiger partial charge < -0.3 is 4.42 Å². The van der Waals surface area contributed by atoms with E-state index in [4.69, 9.17) is 4.42 Å². The Morgan fingerprint density at radius 2 is 2.11 bits per heavy atom. The molecule has 0 atom stereocenters. The van der Waals surface area contributed by atoms with E-state index in [2.05, 4.69) is 10.5 Å². The first-order valence-electron chi connectivity index (χ1n) is 5.55. The van der Waals surface area contributed by atoms with Gasteiger partial charge in [0.05, 0.1) is 11.8 Å². The molecule has 0 bridgehead atoms. The number of carbonyl (C=O) groups is 1. The second kappa shape index (κ2) is 6.30. The lowest BCUT2D eigenvalue weighted by Crippen LogP contribution is -2.18. The summed E-state index contributed by atoms with van der Waals surface area (Å²) in [5.41, 5.74) is 2.18. The number of amides is 1. The van der Waals surface area contributed by atoms with Gasteiger partial charge in [-0.3, -0.25) is 4.79 Å². The van der Waals surface area contributed by atoms with Gasteiger partial charge in [-0.2, -0.15) is 5.10 Å². The van der Waals surface area contributed by atoms with Crippen LogP contribution in [0.3, 0.4) is 0 Å². The van der Waals surface area contributed by atoms with Gasteiger partial charge in [-0.05, 0) is 36.4 Å². The molecule has 5 heteroatoms. The number of hydrogen-bond donors (Lipinski definition) is 1. The molecular weight excluding hydrogens is 247 g/mol. The highest BCUT2D eigenvalue weighted by Crippen LogP contribution is 2.05. The number of rotatable bonds is 4. The van der Waals surface area contributed by atoms with Crippen LogP contribution in [0.5, 0.6) is 0 Å². The largest absolute Gasteiger partial charge is 0.465 e. The zero-order chi connectivity index (χ0) is 13.5. The van der Waals surface area contributed by atoms with Crippen molar-refractivity contribution < 1.29 is 13.6 Å².